The van der Waals surface area contributed by atoms with Crippen LogP contribution in [0.15, 0.2) is 24.3 Å². The molecule has 2 fully saturated rings. The Morgan fingerprint density at radius 1 is 1.24 bits per heavy atom. The Labute approximate surface area is 133 Å². The van der Waals surface area contributed by atoms with Crippen LogP contribution in [-0.4, -0.2) is 23.7 Å². The van der Waals surface area contributed by atoms with Crippen LogP contribution in [-0.2, 0) is 6.54 Å². The minimum absolute atomic E-state index is 0.325. The van der Waals surface area contributed by atoms with Gasteiger partial charge in [-0.2, -0.15) is 0 Å². The molecule has 0 amide bonds. The number of hydrogen-bond donors (Lipinski definition) is 1. The second-order valence-corrected chi connectivity index (χ2v) is 8.15. The molecule has 1 N–H and O–H groups in total. The highest BCUT2D eigenvalue weighted by Crippen LogP contribution is 2.42. The zero-order valence-electron chi connectivity index (χ0n) is 13.4. The number of nitrogens with one attached hydrogen (secondary N) is 1. The summed E-state index contributed by atoms with van der Waals surface area (Å²) in [4.78, 5) is 2.70. The van der Waals surface area contributed by atoms with E-state index < -0.39 is 0 Å². The van der Waals surface area contributed by atoms with E-state index in [1.807, 2.05) is 12.1 Å². The maximum Gasteiger partial charge on any atom is 0.0632 e. The molecule has 0 bridgehead atoms. The predicted molar refractivity (Wildman–Crippen MR) is 89.4 cm³/mol. The van der Waals surface area contributed by atoms with E-state index in [0.717, 1.165) is 24.0 Å². The number of fused-ring (bicyclic) bond motifs is 1. The largest absolute Gasteiger partial charge is 0.301 e. The second kappa shape index (κ2) is 5.91. The van der Waals surface area contributed by atoms with Gasteiger partial charge in [0.1, 0.15) is 0 Å². The third-order valence-corrected chi connectivity index (χ3v) is 5.37. The summed E-state index contributed by atoms with van der Waals surface area (Å²) in [7, 11) is 0. The molecule has 116 valence electrons. The first kappa shape index (κ1) is 15.3. The van der Waals surface area contributed by atoms with Crippen LogP contribution in [0.3, 0.4) is 0 Å². The zero-order chi connectivity index (χ0) is 15.0. The summed E-state index contributed by atoms with van der Waals surface area (Å²) in [6, 6.07) is 8.99. The van der Waals surface area contributed by atoms with Crippen molar-refractivity contribution in [3.63, 3.8) is 0 Å². The summed E-state index contributed by atoms with van der Waals surface area (Å²) in [6.45, 7) is 9.32. The van der Waals surface area contributed by atoms with Crippen molar-refractivity contribution in [2.75, 3.05) is 6.54 Å². The Kier molecular flexibility index (Phi) is 4.31. The van der Waals surface area contributed by atoms with Crippen molar-refractivity contribution in [1.29, 1.82) is 0 Å². The topological polar surface area (TPSA) is 15.3 Å². The van der Waals surface area contributed by atoms with E-state index in [9.17, 15) is 0 Å². The van der Waals surface area contributed by atoms with Gasteiger partial charge in [0.2, 0.25) is 0 Å². The number of halogens is 1. The normalized spacial score (nSPS) is 30.4. The lowest BCUT2D eigenvalue weighted by atomic mass is 9.82. The van der Waals surface area contributed by atoms with Crippen molar-refractivity contribution in [3.05, 3.63) is 34.9 Å². The second-order valence-electron chi connectivity index (χ2n) is 7.72. The zero-order valence-corrected chi connectivity index (χ0v) is 14.2. The molecule has 2 heterocycles. The van der Waals surface area contributed by atoms with Crippen molar-refractivity contribution in [1.82, 2.24) is 10.2 Å². The smallest absolute Gasteiger partial charge is 0.0632 e. The fourth-order valence-electron chi connectivity index (χ4n) is 4.05. The summed E-state index contributed by atoms with van der Waals surface area (Å²) in [5.74, 6) is 0.815. The van der Waals surface area contributed by atoms with Gasteiger partial charge in [-0.25, -0.2) is 0 Å². The lowest BCUT2D eigenvalue weighted by Crippen LogP contribution is -2.51. The van der Waals surface area contributed by atoms with E-state index in [1.165, 1.54) is 24.8 Å². The van der Waals surface area contributed by atoms with Gasteiger partial charge in [-0.05, 0) is 54.8 Å². The first-order chi connectivity index (χ1) is 9.95. The average molecular weight is 307 g/mol. The molecule has 21 heavy (non-hydrogen) atoms. The SMILES string of the molecule is CC(C)(C)C1CC2CCCNC2N1Cc1ccc(Cl)cc1. The van der Waals surface area contributed by atoms with Crippen molar-refractivity contribution >= 4 is 11.6 Å². The maximum absolute atomic E-state index is 6.01. The van der Waals surface area contributed by atoms with Gasteiger partial charge in [0.15, 0.2) is 0 Å². The molecule has 3 heteroatoms. The van der Waals surface area contributed by atoms with E-state index in [1.54, 1.807) is 0 Å². The van der Waals surface area contributed by atoms with E-state index >= 15 is 0 Å². The molecule has 2 aliphatic heterocycles. The van der Waals surface area contributed by atoms with Crippen molar-refractivity contribution in [3.8, 4) is 0 Å². The van der Waals surface area contributed by atoms with Crippen LogP contribution >= 0.6 is 11.6 Å². The highest BCUT2D eigenvalue weighted by Gasteiger charge is 2.46. The van der Waals surface area contributed by atoms with Gasteiger partial charge in [0.25, 0.3) is 0 Å². The van der Waals surface area contributed by atoms with Crippen LogP contribution in [0.1, 0.15) is 45.6 Å². The van der Waals surface area contributed by atoms with Gasteiger partial charge in [0.05, 0.1) is 6.17 Å². The van der Waals surface area contributed by atoms with E-state index in [-0.39, 0.29) is 0 Å². The summed E-state index contributed by atoms with van der Waals surface area (Å²) in [5.41, 5.74) is 1.69. The number of benzene rings is 1. The molecule has 0 spiro atoms. The number of hydrogen-bond acceptors (Lipinski definition) is 2. The molecule has 0 radical (unpaired) electrons. The molecular weight excluding hydrogens is 280 g/mol. The molecule has 0 aliphatic carbocycles. The molecule has 1 aromatic rings. The molecule has 2 saturated heterocycles. The van der Waals surface area contributed by atoms with Gasteiger partial charge in [-0.15, -0.1) is 0 Å². The molecule has 2 aliphatic rings. The van der Waals surface area contributed by atoms with Gasteiger partial charge in [0, 0.05) is 17.6 Å². The first-order valence-electron chi connectivity index (χ1n) is 8.19. The monoisotopic (exact) mass is 306 g/mol. The van der Waals surface area contributed by atoms with E-state index in [2.05, 4.69) is 43.1 Å². The molecule has 0 saturated carbocycles. The Bertz CT molecular complexity index is 477. The molecule has 3 rings (SSSR count). The summed E-state index contributed by atoms with van der Waals surface area (Å²) in [6.07, 6.45) is 4.58. The highest BCUT2D eigenvalue weighted by molar-refractivity contribution is 6.30. The highest BCUT2D eigenvalue weighted by atomic mass is 35.5. The number of piperidine rings is 1. The number of nitrogens with zero attached hydrogens (tertiary/aromatic N) is 1. The van der Waals surface area contributed by atoms with E-state index in [0.29, 0.717) is 17.6 Å². The standard InChI is InChI=1S/C18H27ClN2/c1-18(2,3)16-11-14-5-4-10-20-17(14)21(16)12-13-6-8-15(19)9-7-13/h6-9,14,16-17,20H,4-5,10-12H2,1-3H3. The van der Waals surface area contributed by atoms with Crippen LogP contribution in [0.2, 0.25) is 5.02 Å². The van der Waals surface area contributed by atoms with Gasteiger partial charge >= 0.3 is 0 Å². The quantitative estimate of drug-likeness (QED) is 0.877. The fraction of sp³-hybridized carbons (Fsp3) is 0.667. The molecule has 2 nitrogen and oxygen atoms in total. The number of likely N-dealkylation sites (tertiary alicyclic amines) is 1. The van der Waals surface area contributed by atoms with Gasteiger partial charge in [-0.3, -0.25) is 4.90 Å². The Morgan fingerprint density at radius 3 is 2.62 bits per heavy atom. The average Bonchev–Trinajstić information content (AvgIpc) is 2.81. The molecule has 1 aromatic carbocycles. The van der Waals surface area contributed by atoms with Crippen molar-refractivity contribution in [2.24, 2.45) is 11.3 Å². The molecule has 0 aromatic heterocycles. The molecule has 3 unspecified atom stereocenters. The minimum Gasteiger partial charge on any atom is -0.301 e. The maximum atomic E-state index is 6.01. The lowest BCUT2D eigenvalue weighted by Gasteiger charge is -2.39. The summed E-state index contributed by atoms with van der Waals surface area (Å²) in [5, 5.41) is 4.59. The Morgan fingerprint density at radius 2 is 1.95 bits per heavy atom. The van der Waals surface area contributed by atoms with E-state index in [4.69, 9.17) is 11.6 Å². The van der Waals surface area contributed by atoms with Gasteiger partial charge < -0.3 is 5.32 Å². The first-order valence-corrected chi connectivity index (χ1v) is 8.56. The van der Waals surface area contributed by atoms with Crippen molar-refractivity contribution in [2.45, 2.75) is 58.8 Å². The molecule has 3 atom stereocenters. The van der Waals surface area contributed by atoms with Crippen LogP contribution in [0.4, 0.5) is 0 Å². The Hall–Kier alpha value is -0.570. The lowest BCUT2D eigenvalue weighted by molar-refractivity contribution is 0.0748. The Balaban J connectivity index is 1.82. The third-order valence-electron chi connectivity index (χ3n) is 5.11. The van der Waals surface area contributed by atoms with Crippen LogP contribution in [0, 0.1) is 11.3 Å². The predicted octanol–water partition coefficient (Wildman–Crippen LogP) is 4.29. The minimum atomic E-state index is 0.325. The fourth-order valence-corrected chi connectivity index (χ4v) is 4.18. The summed E-state index contributed by atoms with van der Waals surface area (Å²) < 4.78 is 0. The summed E-state index contributed by atoms with van der Waals surface area (Å²) >= 11 is 6.01. The third kappa shape index (κ3) is 3.28. The van der Waals surface area contributed by atoms with Gasteiger partial charge in [-0.1, -0.05) is 44.5 Å². The van der Waals surface area contributed by atoms with Crippen LogP contribution in [0.25, 0.3) is 0 Å². The molecular formula is C18H27ClN2. The van der Waals surface area contributed by atoms with Crippen molar-refractivity contribution < 1.29 is 0 Å². The van der Waals surface area contributed by atoms with Crippen LogP contribution < -0.4 is 5.32 Å². The van der Waals surface area contributed by atoms with Crippen LogP contribution in [0.5, 0.6) is 0 Å². The number of rotatable bonds is 2.